The molecule has 4 aliphatic rings. The standard InChI is InChI=1S/C17H25NO4/c1-11(2)15(20)22-17-8-12-5-13(9-17)7-16(6-12,10-17)21-14(19)3-4-18/h12-13H,1,3-10,18H2,2H3/p+1. The molecule has 4 rings (SSSR count). The van der Waals surface area contributed by atoms with E-state index >= 15 is 0 Å². The summed E-state index contributed by atoms with van der Waals surface area (Å²) in [4.78, 5) is 24.0. The molecule has 0 heterocycles. The van der Waals surface area contributed by atoms with E-state index < -0.39 is 11.2 Å². The molecule has 0 amide bonds. The Bertz CT molecular complexity index is 499. The largest absolute Gasteiger partial charge is 0.459 e. The highest BCUT2D eigenvalue weighted by molar-refractivity contribution is 5.87. The minimum absolute atomic E-state index is 0.168. The van der Waals surface area contributed by atoms with Gasteiger partial charge in [-0.2, -0.15) is 0 Å². The fourth-order valence-electron chi connectivity index (χ4n) is 5.06. The molecule has 2 atom stereocenters. The molecule has 0 aromatic heterocycles. The molecular formula is C17H26NO4+. The molecule has 0 aliphatic heterocycles. The maximum absolute atomic E-state index is 12.0. The first-order valence-corrected chi connectivity index (χ1v) is 8.25. The topological polar surface area (TPSA) is 80.2 Å². The van der Waals surface area contributed by atoms with E-state index in [1.54, 1.807) is 6.92 Å². The molecule has 0 aromatic carbocycles. The van der Waals surface area contributed by atoms with E-state index in [1.807, 2.05) is 0 Å². The maximum Gasteiger partial charge on any atom is 0.333 e. The maximum atomic E-state index is 12.0. The molecule has 22 heavy (non-hydrogen) atoms. The zero-order chi connectivity index (χ0) is 16.0. The average molecular weight is 308 g/mol. The van der Waals surface area contributed by atoms with Gasteiger partial charge in [-0.25, -0.2) is 4.79 Å². The van der Waals surface area contributed by atoms with Crippen LogP contribution in [0.2, 0.25) is 0 Å². The highest BCUT2D eigenvalue weighted by atomic mass is 16.6. The molecule has 5 heteroatoms. The van der Waals surface area contributed by atoms with Crippen LogP contribution >= 0.6 is 0 Å². The summed E-state index contributed by atoms with van der Waals surface area (Å²) >= 11 is 0. The van der Waals surface area contributed by atoms with E-state index in [1.165, 1.54) is 6.42 Å². The first-order chi connectivity index (χ1) is 10.4. The average Bonchev–Trinajstić information content (AvgIpc) is 2.35. The van der Waals surface area contributed by atoms with Crippen LogP contribution in [0, 0.1) is 11.8 Å². The lowest BCUT2D eigenvalue weighted by atomic mass is 9.52. The zero-order valence-corrected chi connectivity index (χ0v) is 13.4. The Morgan fingerprint density at radius 1 is 1.14 bits per heavy atom. The Kier molecular flexibility index (Phi) is 3.79. The third-order valence-electron chi connectivity index (χ3n) is 5.32. The predicted octanol–water partition coefficient (Wildman–Crippen LogP) is 1.37. The Labute approximate surface area is 131 Å². The molecule has 4 saturated carbocycles. The third-order valence-corrected chi connectivity index (χ3v) is 5.32. The first kappa shape index (κ1) is 15.5. The highest BCUT2D eigenvalue weighted by Crippen LogP contribution is 2.60. The van der Waals surface area contributed by atoms with E-state index in [-0.39, 0.29) is 11.9 Å². The molecule has 0 aromatic rings. The summed E-state index contributed by atoms with van der Waals surface area (Å²) in [6, 6.07) is 0. The number of hydrogen-bond acceptors (Lipinski definition) is 4. The first-order valence-electron chi connectivity index (χ1n) is 8.25. The van der Waals surface area contributed by atoms with E-state index in [0.717, 1.165) is 25.7 Å². The quantitative estimate of drug-likeness (QED) is 0.614. The van der Waals surface area contributed by atoms with Crippen LogP contribution in [0.5, 0.6) is 0 Å². The van der Waals surface area contributed by atoms with Gasteiger partial charge in [-0.05, 0) is 50.9 Å². The van der Waals surface area contributed by atoms with Crippen molar-refractivity contribution in [3.05, 3.63) is 12.2 Å². The van der Waals surface area contributed by atoms with Gasteiger partial charge in [0.25, 0.3) is 0 Å². The highest BCUT2D eigenvalue weighted by Gasteiger charge is 2.61. The minimum atomic E-state index is -0.454. The van der Waals surface area contributed by atoms with Crippen molar-refractivity contribution in [1.29, 1.82) is 0 Å². The fourth-order valence-corrected chi connectivity index (χ4v) is 5.06. The smallest absolute Gasteiger partial charge is 0.333 e. The van der Waals surface area contributed by atoms with Crippen LogP contribution in [0.15, 0.2) is 12.2 Å². The molecule has 4 aliphatic carbocycles. The molecule has 0 radical (unpaired) electrons. The van der Waals surface area contributed by atoms with Crippen LogP contribution < -0.4 is 5.73 Å². The lowest BCUT2D eigenvalue weighted by molar-refractivity contribution is -0.367. The third kappa shape index (κ3) is 2.78. The van der Waals surface area contributed by atoms with Gasteiger partial charge in [0.1, 0.15) is 11.2 Å². The van der Waals surface area contributed by atoms with Crippen molar-refractivity contribution in [3.8, 4) is 0 Å². The van der Waals surface area contributed by atoms with Crippen LogP contribution in [0.25, 0.3) is 0 Å². The molecule has 4 bridgehead atoms. The number of esters is 2. The van der Waals surface area contributed by atoms with E-state index in [0.29, 0.717) is 36.8 Å². The van der Waals surface area contributed by atoms with Crippen LogP contribution in [0.4, 0.5) is 0 Å². The second-order valence-electron chi connectivity index (χ2n) is 7.57. The van der Waals surface area contributed by atoms with Crippen molar-refractivity contribution in [3.63, 3.8) is 0 Å². The molecule has 5 nitrogen and oxygen atoms in total. The fraction of sp³-hybridized carbons (Fsp3) is 0.765. The summed E-state index contributed by atoms with van der Waals surface area (Å²) in [5.41, 5.74) is 3.26. The number of hydrogen-bond donors (Lipinski definition) is 1. The van der Waals surface area contributed by atoms with Crippen LogP contribution in [-0.2, 0) is 19.1 Å². The molecule has 122 valence electrons. The predicted molar refractivity (Wildman–Crippen MR) is 79.5 cm³/mol. The number of quaternary nitrogens is 1. The van der Waals surface area contributed by atoms with Gasteiger partial charge in [0.05, 0.1) is 13.0 Å². The summed E-state index contributed by atoms with van der Waals surface area (Å²) in [6.45, 7) is 5.90. The molecule has 4 fully saturated rings. The van der Waals surface area contributed by atoms with Crippen molar-refractivity contribution in [1.82, 2.24) is 0 Å². The van der Waals surface area contributed by atoms with Crippen molar-refractivity contribution >= 4 is 11.9 Å². The van der Waals surface area contributed by atoms with Crippen molar-refractivity contribution in [2.75, 3.05) is 6.54 Å². The normalized spacial score (nSPS) is 38.6. The number of rotatable bonds is 5. The van der Waals surface area contributed by atoms with Crippen molar-refractivity contribution in [2.24, 2.45) is 11.8 Å². The van der Waals surface area contributed by atoms with E-state index in [2.05, 4.69) is 12.3 Å². The van der Waals surface area contributed by atoms with Gasteiger partial charge >= 0.3 is 11.9 Å². The zero-order valence-electron chi connectivity index (χ0n) is 13.4. The Morgan fingerprint density at radius 2 is 1.68 bits per heavy atom. The van der Waals surface area contributed by atoms with E-state index in [9.17, 15) is 9.59 Å². The number of carbonyl (C=O) groups is 2. The van der Waals surface area contributed by atoms with Crippen LogP contribution in [0.3, 0.4) is 0 Å². The minimum Gasteiger partial charge on any atom is -0.459 e. The monoisotopic (exact) mass is 308 g/mol. The number of ether oxygens (including phenoxy) is 2. The van der Waals surface area contributed by atoms with Gasteiger partial charge in [0.15, 0.2) is 0 Å². The van der Waals surface area contributed by atoms with Gasteiger partial charge in [0, 0.05) is 12.0 Å². The van der Waals surface area contributed by atoms with Crippen LogP contribution in [-0.4, -0.2) is 29.7 Å². The molecule has 0 spiro atoms. The lowest BCUT2D eigenvalue weighted by Gasteiger charge is -2.60. The summed E-state index contributed by atoms with van der Waals surface area (Å²) < 4.78 is 11.7. The van der Waals surface area contributed by atoms with Gasteiger partial charge in [-0.3, -0.25) is 4.79 Å². The summed E-state index contributed by atoms with van der Waals surface area (Å²) in [7, 11) is 0. The Hall–Kier alpha value is -1.36. The molecular weight excluding hydrogens is 282 g/mol. The molecule has 3 N–H and O–H groups in total. The van der Waals surface area contributed by atoms with Gasteiger partial charge in [-0.15, -0.1) is 0 Å². The van der Waals surface area contributed by atoms with Gasteiger partial charge < -0.3 is 15.2 Å². The summed E-state index contributed by atoms with van der Waals surface area (Å²) in [6.07, 6.45) is 5.80. The van der Waals surface area contributed by atoms with E-state index in [4.69, 9.17) is 9.47 Å². The Morgan fingerprint density at radius 3 is 2.18 bits per heavy atom. The van der Waals surface area contributed by atoms with Gasteiger partial charge in [-0.1, -0.05) is 6.58 Å². The Balaban J connectivity index is 1.79. The SMILES string of the molecule is C=C(C)C(=O)OC12CC3CC(CC(OC(=O)CC[NH3+])(C3)C1)C2. The summed E-state index contributed by atoms with van der Waals surface area (Å²) in [5, 5.41) is 0. The summed E-state index contributed by atoms with van der Waals surface area (Å²) in [5.74, 6) is 0.498. The second kappa shape index (κ2) is 5.37. The molecule has 2 unspecified atom stereocenters. The van der Waals surface area contributed by atoms with Crippen LogP contribution in [0.1, 0.15) is 51.9 Å². The molecule has 0 saturated heterocycles. The van der Waals surface area contributed by atoms with Crippen molar-refractivity contribution in [2.45, 2.75) is 63.1 Å². The van der Waals surface area contributed by atoms with Crippen molar-refractivity contribution < 1.29 is 24.8 Å². The second-order valence-corrected chi connectivity index (χ2v) is 7.57. The number of carbonyl (C=O) groups excluding carboxylic acids is 2. The van der Waals surface area contributed by atoms with Gasteiger partial charge in [0.2, 0.25) is 0 Å². The lowest BCUT2D eigenvalue weighted by Crippen LogP contribution is -2.62.